The number of hydrogen-bond acceptors (Lipinski definition) is 3. The molecule has 1 atom stereocenters. The second kappa shape index (κ2) is 4.37. The zero-order chi connectivity index (χ0) is 8.10. The molecule has 1 fully saturated rings. The van der Waals surface area contributed by atoms with Gasteiger partial charge in [0.15, 0.2) is 0 Å². The third kappa shape index (κ3) is 2.52. The first-order chi connectivity index (χ1) is 5.36. The van der Waals surface area contributed by atoms with Crippen LogP contribution in [0.3, 0.4) is 0 Å². The zero-order valence-electron chi connectivity index (χ0n) is 6.19. The van der Waals surface area contributed by atoms with Gasteiger partial charge in [0.1, 0.15) is 6.29 Å². The number of aldehydes is 1. The van der Waals surface area contributed by atoms with Crippen molar-refractivity contribution in [1.82, 2.24) is 4.90 Å². The van der Waals surface area contributed by atoms with Crippen LogP contribution in [0.25, 0.3) is 4.85 Å². The molecule has 0 bridgehead atoms. The number of carbonyl (C=O) groups excluding carboxylic acids is 1. The van der Waals surface area contributed by atoms with Crippen LogP contribution in [-0.2, 0) is 4.79 Å². The van der Waals surface area contributed by atoms with Crippen molar-refractivity contribution in [3.05, 3.63) is 11.4 Å². The number of thioether (sulfide) groups is 1. The van der Waals surface area contributed by atoms with E-state index in [1.54, 1.807) is 11.8 Å². The smallest absolute Gasteiger partial charge is 0.281 e. The van der Waals surface area contributed by atoms with E-state index in [1.165, 1.54) is 0 Å². The minimum atomic E-state index is 0.0451. The monoisotopic (exact) mass is 170 g/mol. The molecule has 0 saturated carbocycles. The Kier molecular flexibility index (Phi) is 3.40. The van der Waals surface area contributed by atoms with Crippen LogP contribution in [0.1, 0.15) is 0 Å². The molecule has 3 nitrogen and oxygen atoms in total. The first kappa shape index (κ1) is 8.57. The molecule has 60 valence electrons. The maximum Gasteiger partial charge on any atom is 0.281 e. The van der Waals surface area contributed by atoms with Crippen LogP contribution in [0.2, 0.25) is 0 Å². The van der Waals surface area contributed by atoms with Gasteiger partial charge in [0.05, 0.1) is 13.1 Å². The summed E-state index contributed by atoms with van der Waals surface area (Å²) in [6.45, 7) is 8.97. The van der Waals surface area contributed by atoms with E-state index in [1.807, 2.05) is 4.90 Å². The topological polar surface area (TPSA) is 24.7 Å². The largest absolute Gasteiger partial charge is 0.302 e. The maximum atomic E-state index is 10.1. The molecule has 0 aromatic carbocycles. The molecular formula is C7H10N2OS. The van der Waals surface area contributed by atoms with E-state index >= 15 is 0 Å². The highest BCUT2D eigenvalue weighted by molar-refractivity contribution is 8.00. The normalized spacial score (nSPS) is 25.9. The lowest BCUT2D eigenvalue weighted by Crippen LogP contribution is -2.37. The average molecular weight is 170 g/mol. The molecule has 0 spiro atoms. The molecule has 1 aliphatic heterocycles. The third-order valence-electron chi connectivity index (χ3n) is 1.61. The molecule has 0 radical (unpaired) electrons. The average Bonchev–Trinajstić information content (AvgIpc) is 2.06. The zero-order valence-corrected chi connectivity index (χ0v) is 7.01. The van der Waals surface area contributed by atoms with Gasteiger partial charge in [-0.25, -0.2) is 6.57 Å². The first-order valence-corrected chi connectivity index (χ1v) is 4.56. The van der Waals surface area contributed by atoms with E-state index in [0.29, 0.717) is 6.54 Å². The Morgan fingerprint density at radius 3 is 3.27 bits per heavy atom. The van der Waals surface area contributed by atoms with Crippen LogP contribution in [-0.4, -0.2) is 41.9 Å². The fourth-order valence-electron chi connectivity index (χ4n) is 1.03. The standard InChI is InChI=1S/C7H10N2OS/c1-8-7-6-9(2-4-10)3-5-11-7/h4,7H,2-3,5-6H2. The maximum absolute atomic E-state index is 10.1. The van der Waals surface area contributed by atoms with Gasteiger partial charge < -0.3 is 9.64 Å². The molecular weight excluding hydrogens is 160 g/mol. The van der Waals surface area contributed by atoms with Gasteiger partial charge in [-0.2, -0.15) is 0 Å². The Balaban J connectivity index is 2.34. The quantitative estimate of drug-likeness (QED) is 0.445. The second-order valence-corrected chi connectivity index (χ2v) is 3.67. The molecule has 11 heavy (non-hydrogen) atoms. The van der Waals surface area contributed by atoms with E-state index < -0.39 is 0 Å². The van der Waals surface area contributed by atoms with Crippen LogP contribution in [0.5, 0.6) is 0 Å². The highest BCUT2D eigenvalue weighted by Gasteiger charge is 2.22. The van der Waals surface area contributed by atoms with Gasteiger partial charge in [-0.1, -0.05) is 11.8 Å². The molecule has 0 aromatic heterocycles. The van der Waals surface area contributed by atoms with Crippen LogP contribution in [0.4, 0.5) is 0 Å². The highest BCUT2D eigenvalue weighted by Crippen LogP contribution is 2.18. The second-order valence-electron chi connectivity index (χ2n) is 2.38. The summed E-state index contributed by atoms with van der Waals surface area (Å²) in [6, 6.07) is 0. The Hall–Kier alpha value is -0.530. The fraction of sp³-hybridized carbons (Fsp3) is 0.714. The molecule has 1 heterocycles. The van der Waals surface area contributed by atoms with Gasteiger partial charge in [0.25, 0.3) is 5.37 Å². The van der Waals surface area contributed by atoms with Crippen molar-refractivity contribution in [3.8, 4) is 0 Å². The SMILES string of the molecule is [C-]#[N+]C1CN(CC=O)CCS1. The summed E-state index contributed by atoms with van der Waals surface area (Å²) in [4.78, 5) is 15.6. The predicted molar refractivity (Wildman–Crippen MR) is 45.4 cm³/mol. The minimum absolute atomic E-state index is 0.0451. The summed E-state index contributed by atoms with van der Waals surface area (Å²) in [5, 5.41) is 0.0451. The van der Waals surface area contributed by atoms with Gasteiger partial charge in [-0.05, 0) is 0 Å². The summed E-state index contributed by atoms with van der Waals surface area (Å²) < 4.78 is 0. The van der Waals surface area contributed by atoms with Gasteiger partial charge in [0, 0.05) is 12.3 Å². The van der Waals surface area contributed by atoms with E-state index in [9.17, 15) is 4.79 Å². The number of hydrogen-bond donors (Lipinski definition) is 0. The van der Waals surface area contributed by atoms with Gasteiger partial charge in [-0.15, -0.1) is 0 Å². The van der Waals surface area contributed by atoms with Crippen LogP contribution >= 0.6 is 11.8 Å². The van der Waals surface area contributed by atoms with Gasteiger partial charge in [-0.3, -0.25) is 4.90 Å². The van der Waals surface area contributed by atoms with Gasteiger partial charge >= 0.3 is 0 Å². The van der Waals surface area contributed by atoms with E-state index in [2.05, 4.69) is 4.85 Å². The number of rotatable bonds is 2. The van der Waals surface area contributed by atoms with E-state index in [0.717, 1.165) is 25.1 Å². The van der Waals surface area contributed by atoms with Crippen LogP contribution in [0.15, 0.2) is 0 Å². The Morgan fingerprint density at radius 1 is 1.82 bits per heavy atom. The summed E-state index contributed by atoms with van der Waals surface area (Å²) in [6.07, 6.45) is 0.900. The minimum Gasteiger partial charge on any atom is -0.302 e. The molecule has 1 unspecified atom stereocenters. The summed E-state index contributed by atoms with van der Waals surface area (Å²) >= 11 is 1.68. The number of nitrogens with zero attached hydrogens (tertiary/aromatic N) is 2. The van der Waals surface area contributed by atoms with Crippen LogP contribution < -0.4 is 0 Å². The molecule has 1 saturated heterocycles. The van der Waals surface area contributed by atoms with Crippen molar-refractivity contribution in [1.29, 1.82) is 0 Å². The Labute approximate surface area is 70.6 Å². The lowest BCUT2D eigenvalue weighted by molar-refractivity contribution is -0.108. The molecule has 0 aliphatic carbocycles. The molecule has 0 aromatic rings. The molecule has 1 rings (SSSR count). The van der Waals surface area contributed by atoms with Gasteiger partial charge in [0.2, 0.25) is 0 Å². The Morgan fingerprint density at radius 2 is 2.64 bits per heavy atom. The van der Waals surface area contributed by atoms with Crippen molar-refractivity contribution in [3.63, 3.8) is 0 Å². The lowest BCUT2D eigenvalue weighted by Gasteiger charge is -2.24. The van der Waals surface area contributed by atoms with Crippen molar-refractivity contribution in [2.24, 2.45) is 0 Å². The molecule has 0 amide bonds. The molecule has 4 heteroatoms. The number of carbonyl (C=O) groups is 1. The van der Waals surface area contributed by atoms with Crippen molar-refractivity contribution in [2.75, 3.05) is 25.4 Å². The fourth-order valence-corrected chi connectivity index (χ4v) is 2.06. The predicted octanol–water partition coefficient (Wildman–Crippen LogP) is 0.479. The van der Waals surface area contributed by atoms with E-state index in [-0.39, 0.29) is 5.37 Å². The lowest BCUT2D eigenvalue weighted by atomic mass is 10.4. The van der Waals surface area contributed by atoms with Crippen molar-refractivity contribution >= 4 is 18.0 Å². The van der Waals surface area contributed by atoms with Crippen molar-refractivity contribution in [2.45, 2.75) is 5.37 Å². The third-order valence-corrected chi connectivity index (χ3v) is 2.67. The Bertz CT molecular complexity index is 178. The molecule has 0 N–H and O–H groups in total. The summed E-state index contributed by atoms with van der Waals surface area (Å²) in [5.74, 6) is 0.973. The first-order valence-electron chi connectivity index (χ1n) is 3.51. The summed E-state index contributed by atoms with van der Waals surface area (Å²) in [5.41, 5.74) is 0. The molecule has 1 aliphatic rings. The van der Waals surface area contributed by atoms with E-state index in [4.69, 9.17) is 6.57 Å². The highest BCUT2D eigenvalue weighted by atomic mass is 32.2. The van der Waals surface area contributed by atoms with Crippen LogP contribution in [0, 0.1) is 6.57 Å². The summed E-state index contributed by atoms with van der Waals surface area (Å²) in [7, 11) is 0. The van der Waals surface area contributed by atoms with Crippen molar-refractivity contribution < 1.29 is 4.79 Å².